The fraction of sp³-hybridized carbons (Fsp3) is 0.533. The molecule has 3 nitrogen and oxygen atoms in total. The van der Waals surface area contributed by atoms with E-state index in [1.165, 1.54) is 18.4 Å². The minimum Gasteiger partial charge on any atom is -0.368 e. The first-order valence-corrected chi connectivity index (χ1v) is 6.70. The van der Waals surface area contributed by atoms with Crippen molar-refractivity contribution >= 4 is 5.91 Å². The molecule has 1 unspecified atom stereocenters. The van der Waals surface area contributed by atoms with Gasteiger partial charge in [-0.2, -0.15) is 0 Å². The third kappa shape index (κ3) is 2.91. The van der Waals surface area contributed by atoms with Crippen LogP contribution in [0, 0.1) is 13.8 Å². The Morgan fingerprint density at radius 3 is 2.56 bits per heavy atom. The summed E-state index contributed by atoms with van der Waals surface area (Å²) in [5.41, 5.74) is 8.90. The molecule has 1 atom stereocenters. The lowest BCUT2D eigenvalue weighted by molar-refractivity contribution is -0.120. The molecule has 3 N–H and O–H groups in total. The van der Waals surface area contributed by atoms with Gasteiger partial charge in [0.15, 0.2) is 0 Å². The van der Waals surface area contributed by atoms with Crippen LogP contribution in [0.4, 0.5) is 0 Å². The molecule has 0 spiro atoms. The number of benzene rings is 1. The van der Waals surface area contributed by atoms with Crippen molar-refractivity contribution in [1.82, 2.24) is 5.32 Å². The number of hydrogen-bond acceptors (Lipinski definition) is 2. The maximum atomic E-state index is 11.7. The summed E-state index contributed by atoms with van der Waals surface area (Å²) in [6, 6.07) is 6.23. The molecule has 2 rings (SSSR count). The third-order valence-electron chi connectivity index (χ3n) is 3.78. The van der Waals surface area contributed by atoms with Crippen molar-refractivity contribution in [2.45, 2.75) is 51.6 Å². The van der Waals surface area contributed by atoms with Gasteiger partial charge in [0.2, 0.25) is 5.91 Å². The van der Waals surface area contributed by atoms with Crippen LogP contribution in [0.2, 0.25) is 0 Å². The van der Waals surface area contributed by atoms with Crippen LogP contribution in [-0.4, -0.2) is 11.9 Å². The number of hydrogen-bond donors (Lipinski definition) is 2. The van der Waals surface area contributed by atoms with Gasteiger partial charge in [0.1, 0.15) is 6.04 Å². The second kappa shape index (κ2) is 5.53. The monoisotopic (exact) mass is 246 g/mol. The Kier molecular flexibility index (Phi) is 4.02. The van der Waals surface area contributed by atoms with Gasteiger partial charge in [-0.05, 0) is 37.8 Å². The van der Waals surface area contributed by atoms with E-state index in [4.69, 9.17) is 5.73 Å². The molecule has 1 aliphatic rings. The summed E-state index contributed by atoms with van der Waals surface area (Å²) in [5, 5.41) is 3.42. The van der Waals surface area contributed by atoms with Gasteiger partial charge in [0.25, 0.3) is 0 Å². The highest BCUT2D eigenvalue weighted by molar-refractivity contribution is 5.82. The van der Waals surface area contributed by atoms with Gasteiger partial charge in [0.05, 0.1) is 0 Å². The molecule has 1 aliphatic carbocycles. The lowest BCUT2D eigenvalue weighted by Gasteiger charge is -2.22. The number of nitrogens with one attached hydrogen (secondary N) is 1. The highest BCUT2D eigenvalue weighted by Gasteiger charge is 2.24. The highest BCUT2D eigenvalue weighted by Crippen LogP contribution is 2.24. The Balaban J connectivity index is 2.20. The van der Waals surface area contributed by atoms with E-state index >= 15 is 0 Å². The second-order valence-electron chi connectivity index (χ2n) is 5.34. The van der Waals surface area contributed by atoms with Crippen LogP contribution in [0.5, 0.6) is 0 Å². The molecule has 98 valence electrons. The van der Waals surface area contributed by atoms with Crippen LogP contribution < -0.4 is 11.1 Å². The van der Waals surface area contributed by atoms with Crippen molar-refractivity contribution < 1.29 is 4.79 Å². The van der Waals surface area contributed by atoms with Gasteiger partial charge >= 0.3 is 0 Å². The van der Waals surface area contributed by atoms with Crippen LogP contribution in [0.3, 0.4) is 0 Å². The Morgan fingerprint density at radius 1 is 1.33 bits per heavy atom. The number of aryl methyl sites for hydroxylation is 2. The molecule has 1 aromatic rings. The van der Waals surface area contributed by atoms with Crippen molar-refractivity contribution in [3.8, 4) is 0 Å². The molecule has 0 radical (unpaired) electrons. The van der Waals surface area contributed by atoms with E-state index < -0.39 is 0 Å². The Bertz CT molecular complexity index is 436. The van der Waals surface area contributed by atoms with Crippen LogP contribution >= 0.6 is 0 Å². The van der Waals surface area contributed by atoms with E-state index in [0.29, 0.717) is 6.04 Å². The van der Waals surface area contributed by atoms with Crippen molar-refractivity contribution in [3.05, 3.63) is 34.9 Å². The van der Waals surface area contributed by atoms with Gasteiger partial charge in [-0.3, -0.25) is 10.1 Å². The smallest absolute Gasteiger partial charge is 0.239 e. The van der Waals surface area contributed by atoms with E-state index in [1.807, 2.05) is 19.1 Å². The van der Waals surface area contributed by atoms with Gasteiger partial charge in [-0.1, -0.05) is 36.6 Å². The molecule has 0 bridgehead atoms. The molecule has 0 aliphatic heterocycles. The molecule has 0 saturated heterocycles. The van der Waals surface area contributed by atoms with Gasteiger partial charge < -0.3 is 5.73 Å². The normalized spacial score (nSPS) is 17.9. The molecule has 1 amide bonds. The molecule has 3 heteroatoms. The molecular weight excluding hydrogens is 224 g/mol. The van der Waals surface area contributed by atoms with E-state index in [0.717, 1.165) is 24.0 Å². The molecule has 18 heavy (non-hydrogen) atoms. The summed E-state index contributed by atoms with van der Waals surface area (Å²) in [6.07, 6.45) is 4.79. The SMILES string of the molecule is Cc1ccc(C(NC2CCCC2)C(N)=O)c(C)c1. The zero-order valence-electron chi connectivity index (χ0n) is 11.2. The predicted molar refractivity (Wildman–Crippen MR) is 73.2 cm³/mol. The average Bonchev–Trinajstić information content (AvgIpc) is 2.79. The minimum absolute atomic E-state index is 0.283. The van der Waals surface area contributed by atoms with Crippen LogP contribution in [0.1, 0.15) is 48.4 Å². The second-order valence-corrected chi connectivity index (χ2v) is 5.34. The summed E-state index contributed by atoms with van der Waals surface area (Å²) in [5.74, 6) is -0.283. The number of amides is 1. The summed E-state index contributed by atoms with van der Waals surface area (Å²) < 4.78 is 0. The minimum atomic E-state index is -0.353. The Morgan fingerprint density at radius 2 is 2.00 bits per heavy atom. The summed E-state index contributed by atoms with van der Waals surface area (Å²) in [4.78, 5) is 11.7. The van der Waals surface area contributed by atoms with Crippen LogP contribution in [0.15, 0.2) is 18.2 Å². The van der Waals surface area contributed by atoms with E-state index in [9.17, 15) is 4.79 Å². The molecule has 1 saturated carbocycles. The fourth-order valence-corrected chi connectivity index (χ4v) is 2.80. The fourth-order valence-electron chi connectivity index (χ4n) is 2.80. The van der Waals surface area contributed by atoms with Gasteiger partial charge in [0, 0.05) is 6.04 Å². The third-order valence-corrected chi connectivity index (χ3v) is 3.78. The Labute approximate surface area is 109 Å². The van der Waals surface area contributed by atoms with E-state index in [2.05, 4.69) is 18.3 Å². The van der Waals surface area contributed by atoms with Crippen LogP contribution in [-0.2, 0) is 4.79 Å². The van der Waals surface area contributed by atoms with Crippen LogP contribution in [0.25, 0.3) is 0 Å². The van der Waals surface area contributed by atoms with E-state index in [-0.39, 0.29) is 11.9 Å². The van der Waals surface area contributed by atoms with Crippen molar-refractivity contribution in [2.24, 2.45) is 5.73 Å². The topological polar surface area (TPSA) is 55.1 Å². The molecular formula is C15H22N2O. The largest absolute Gasteiger partial charge is 0.368 e. The summed E-state index contributed by atoms with van der Waals surface area (Å²) in [7, 11) is 0. The number of nitrogens with two attached hydrogens (primary N) is 1. The zero-order chi connectivity index (χ0) is 13.1. The summed E-state index contributed by atoms with van der Waals surface area (Å²) >= 11 is 0. The first-order valence-electron chi connectivity index (χ1n) is 6.70. The Hall–Kier alpha value is -1.35. The number of rotatable bonds is 4. The van der Waals surface area contributed by atoms with Crippen molar-refractivity contribution in [2.75, 3.05) is 0 Å². The molecule has 1 aromatic carbocycles. The quantitative estimate of drug-likeness (QED) is 0.857. The highest BCUT2D eigenvalue weighted by atomic mass is 16.1. The van der Waals surface area contributed by atoms with Gasteiger partial charge in [-0.15, -0.1) is 0 Å². The van der Waals surface area contributed by atoms with Gasteiger partial charge in [-0.25, -0.2) is 0 Å². The lowest BCUT2D eigenvalue weighted by atomic mass is 9.98. The summed E-state index contributed by atoms with van der Waals surface area (Å²) in [6.45, 7) is 4.09. The number of carbonyl (C=O) groups is 1. The zero-order valence-corrected chi connectivity index (χ0v) is 11.2. The first-order chi connectivity index (χ1) is 8.58. The first kappa shape index (κ1) is 13.1. The molecule has 0 aromatic heterocycles. The molecule has 1 fully saturated rings. The molecule has 0 heterocycles. The number of primary amides is 1. The van der Waals surface area contributed by atoms with Crippen molar-refractivity contribution in [3.63, 3.8) is 0 Å². The lowest BCUT2D eigenvalue weighted by Crippen LogP contribution is -2.39. The van der Waals surface area contributed by atoms with Crippen molar-refractivity contribution in [1.29, 1.82) is 0 Å². The van der Waals surface area contributed by atoms with E-state index in [1.54, 1.807) is 0 Å². The maximum Gasteiger partial charge on any atom is 0.239 e. The standard InChI is InChI=1S/C15H22N2O/c1-10-7-8-13(11(2)9-10)14(15(16)18)17-12-5-3-4-6-12/h7-9,12,14,17H,3-6H2,1-2H3,(H2,16,18). The average molecular weight is 246 g/mol. The predicted octanol–water partition coefficient (Wildman–Crippen LogP) is 2.36. The maximum absolute atomic E-state index is 11.7. The number of carbonyl (C=O) groups excluding carboxylic acids is 1.